The Morgan fingerprint density at radius 1 is 0.763 bits per heavy atom. The average molecular weight is 601 g/mol. The Morgan fingerprint density at radius 2 is 1.16 bits per heavy atom. The molecule has 0 aromatic heterocycles. The molecule has 2 aromatic rings. The fourth-order valence-corrected chi connectivity index (χ4v) is 4.16. The van der Waals surface area contributed by atoms with E-state index in [1.807, 2.05) is 19.9 Å². The summed E-state index contributed by atoms with van der Waals surface area (Å²) in [6.07, 6.45) is 0. The Kier molecular flexibility index (Phi) is 15.7. The second-order valence-corrected chi connectivity index (χ2v) is 9.18. The molecule has 38 heavy (non-hydrogen) atoms. The molecule has 11 nitrogen and oxygen atoms in total. The van der Waals surface area contributed by atoms with Crippen molar-refractivity contribution in [3.05, 3.63) is 79.9 Å². The number of non-ortho nitro benzene ring substituents is 2. The van der Waals surface area contributed by atoms with E-state index in [4.69, 9.17) is 10.2 Å². The molecule has 0 saturated carbocycles. The lowest BCUT2D eigenvalue weighted by molar-refractivity contribution is -0.385. The highest BCUT2D eigenvalue weighted by Crippen LogP contribution is 2.51. The van der Waals surface area contributed by atoms with Gasteiger partial charge in [-0.3, -0.25) is 20.2 Å². The SMILES string of the molecule is CO.C[OH2+].Cc1ccc([N+](=O)[O-])cc1.Cc1cccc([N+](=O)[O-])c1.O=S1NS(=O)C(F)(F)C(F)(F)C1(F)F. The molecule has 19 heteroatoms. The van der Waals surface area contributed by atoms with E-state index in [-0.39, 0.29) is 11.4 Å². The fraction of sp³-hybridized carbons (Fsp3) is 0.368. The van der Waals surface area contributed by atoms with E-state index in [0.717, 1.165) is 18.2 Å². The first kappa shape index (κ1) is 37.2. The van der Waals surface area contributed by atoms with Gasteiger partial charge in [-0.05, 0) is 19.4 Å². The Labute approximate surface area is 217 Å². The molecule has 2 unspecified atom stereocenters. The van der Waals surface area contributed by atoms with E-state index >= 15 is 0 Å². The van der Waals surface area contributed by atoms with Crippen LogP contribution < -0.4 is 4.13 Å². The Balaban J connectivity index is 0. The molecule has 0 aliphatic carbocycles. The largest absolute Gasteiger partial charge is 0.448 e. The van der Waals surface area contributed by atoms with Crippen molar-refractivity contribution in [2.24, 2.45) is 0 Å². The molecule has 216 valence electrons. The number of aryl methyl sites for hydroxylation is 2. The standard InChI is InChI=1S/2C7H7NO2.C3HF6NO2S2.2CH4O/c1-6-2-4-7(5-3-6)8(9)10;1-6-3-2-4-7(5-6)8(9)10;4-1(5)2(6,7)13(11)10-14(12)3(1,8)9;2*1-2/h2*2-5H,1H3;10H;2*2H,1H3/p+1. The van der Waals surface area contributed by atoms with Crippen LogP contribution in [0, 0.1) is 34.1 Å². The van der Waals surface area contributed by atoms with E-state index < -0.39 is 48.2 Å². The number of aliphatic hydroxyl groups is 1. The lowest BCUT2D eigenvalue weighted by atomic mass is 10.2. The Bertz CT molecular complexity index is 1080. The lowest BCUT2D eigenvalue weighted by Crippen LogP contribution is -2.66. The first-order valence-corrected chi connectivity index (χ1v) is 11.9. The average Bonchev–Trinajstić information content (AvgIpc) is 2.86. The van der Waals surface area contributed by atoms with Crippen molar-refractivity contribution in [2.75, 3.05) is 14.2 Å². The summed E-state index contributed by atoms with van der Waals surface area (Å²) in [6, 6.07) is 13.0. The smallest absolute Gasteiger partial charge is 0.404 e. The number of hydrogen-bond donors (Lipinski definition) is 2. The second-order valence-electron chi connectivity index (χ2n) is 6.42. The molecule has 1 aliphatic rings. The zero-order valence-corrected chi connectivity index (χ0v) is 21.6. The molecule has 3 rings (SSSR count). The van der Waals surface area contributed by atoms with Gasteiger partial charge < -0.3 is 10.2 Å². The molecule has 0 bridgehead atoms. The summed E-state index contributed by atoms with van der Waals surface area (Å²) in [5.41, 5.74) is 2.24. The van der Waals surface area contributed by atoms with Crippen LogP contribution >= 0.6 is 0 Å². The summed E-state index contributed by atoms with van der Waals surface area (Å²) in [5.74, 6) is -5.92. The first-order valence-electron chi connectivity index (χ1n) is 9.55. The predicted molar refractivity (Wildman–Crippen MR) is 128 cm³/mol. The third-order valence-corrected chi connectivity index (χ3v) is 6.46. The highest BCUT2D eigenvalue weighted by atomic mass is 32.3. The molecule has 1 heterocycles. The van der Waals surface area contributed by atoms with Crippen LogP contribution in [0.3, 0.4) is 0 Å². The molecule has 4 N–H and O–H groups in total. The Hall–Kier alpha value is -3.00. The minimum Gasteiger partial charge on any atom is -0.448 e. The van der Waals surface area contributed by atoms with Crippen molar-refractivity contribution in [3.8, 4) is 0 Å². The van der Waals surface area contributed by atoms with Gasteiger partial charge in [-0.1, -0.05) is 29.8 Å². The number of nitro benzene ring substituents is 2. The summed E-state index contributed by atoms with van der Waals surface area (Å²) >= 11 is 0. The maximum Gasteiger partial charge on any atom is 0.404 e. The maximum atomic E-state index is 12.3. The van der Waals surface area contributed by atoms with Crippen molar-refractivity contribution in [3.63, 3.8) is 0 Å². The number of aliphatic hydroxyl groups excluding tert-OH is 1. The molecule has 1 aliphatic heterocycles. The third-order valence-electron chi connectivity index (χ3n) is 3.81. The quantitative estimate of drug-likeness (QED) is 0.229. The zero-order valence-electron chi connectivity index (χ0n) is 20.0. The van der Waals surface area contributed by atoms with Gasteiger partial charge in [0.05, 0.1) is 9.85 Å². The van der Waals surface area contributed by atoms with Crippen molar-refractivity contribution in [2.45, 2.75) is 30.3 Å². The summed E-state index contributed by atoms with van der Waals surface area (Å²) in [5, 5.41) is 22.1. The van der Waals surface area contributed by atoms with E-state index in [1.165, 1.54) is 25.3 Å². The third kappa shape index (κ3) is 9.71. The summed E-state index contributed by atoms with van der Waals surface area (Å²) in [4.78, 5) is 19.5. The maximum absolute atomic E-state index is 12.3. The molecule has 2 aromatic carbocycles. The fourth-order valence-electron chi connectivity index (χ4n) is 1.98. The highest BCUT2D eigenvalue weighted by Gasteiger charge is 2.80. The predicted octanol–water partition coefficient (Wildman–Crippen LogP) is 3.49. The number of hydrogen-bond acceptors (Lipinski definition) is 7. The van der Waals surface area contributed by atoms with Gasteiger partial charge in [-0.25, -0.2) is 8.42 Å². The number of rotatable bonds is 2. The number of nitro groups is 2. The zero-order chi connectivity index (χ0) is 30.5. The minimum absolute atomic E-state index is 0.144. The summed E-state index contributed by atoms with van der Waals surface area (Å²) in [6.45, 7) is 3.72. The van der Waals surface area contributed by atoms with Crippen LogP contribution in [0.5, 0.6) is 0 Å². The van der Waals surface area contributed by atoms with E-state index in [2.05, 4.69) is 0 Å². The molecule has 1 saturated heterocycles. The Morgan fingerprint density at radius 3 is 1.47 bits per heavy atom. The molecule has 0 spiro atoms. The highest BCUT2D eigenvalue weighted by molar-refractivity contribution is 8.00. The first-order chi connectivity index (χ1) is 17.4. The van der Waals surface area contributed by atoms with Crippen LogP contribution in [-0.4, -0.2) is 59.1 Å². The molecule has 2 atom stereocenters. The number of nitrogens with one attached hydrogen (secondary N) is 1. The lowest BCUT2D eigenvalue weighted by Gasteiger charge is -2.34. The van der Waals surface area contributed by atoms with Gasteiger partial charge in [0.1, 0.15) is 7.11 Å². The molecule has 0 radical (unpaired) electrons. The molecular weight excluding hydrogens is 576 g/mol. The van der Waals surface area contributed by atoms with Gasteiger partial charge in [0.25, 0.3) is 11.4 Å². The van der Waals surface area contributed by atoms with E-state index in [0.29, 0.717) is 4.13 Å². The molecule has 0 amide bonds. The van der Waals surface area contributed by atoms with Gasteiger partial charge in [0, 0.05) is 31.4 Å². The van der Waals surface area contributed by atoms with Gasteiger partial charge in [0.2, 0.25) is 0 Å². The summed E-state index contributed by atoms with van der Waals surface area (Å²) in [7, 11) is -5.37. The summed E-state index contributed by atoms with van der Waals surface area (Å²) < 4.78 is 95.2. The van der Waals surface area contributed by atoms with Gasteiger partial charge in [-0.2, -0.15) is 26.3 Å². The van der Waals surface area contributed by atoms with Crippen molar-refractivity contribution in [1.29, 1.82) is 0 Å². The van der Waals surface area contributed by atoms with Crippen molar-refractivity contribution in [1.82, 2.24) is 4.13 Å². The number of benzene rings is 2. The van der Waals surface area contributed by atoms with Crippen molar-refractivity contribution >= 4 is 33.3 Å². The van der Waals surface area contributed by atoms with Gasteiger partial charge in [0.15, 0.2) is 22.0 Å². The second kappa shape index (κ2) is 16.1. The normalized spacial score (nSPS) is 19.7. The number of nitrogens with zero attached hydrogens (tertiary/aromatic N) is 2. The van der Waals surface area contributed by atoms with Crippen LogP contribution in [0.2, 0.25) is 0 Å². The monoisotopic (exact) mass is 600 g/mol. The molecule has 1 fully saturated rings. The van der Waals surface area contributed by atoms with E-state index in [1.54, 1.807) is 24.3 Å². The van der Waals surface area contributed by atoms with Gasteiger partial charge in [-0.15, -0.1) is 4.13 Å². The van der Waals surface area contributed by atoms with E-state index in [9.17, 15) is 55.0 Å². The van der Waals surface area contributed by atoms with Crippen LogP contribution in [-0.2, 0) is 22.0 Å². The van der Waals surface area contributed by atoms with Crippen LogP contribution in [0.1, 0.15) is 11.1 Å². The molecular formula is C19H24F6N3O8S2+. The number of alkyl halides is 6. The van der Waals surface area contributed by atoms with Crippen molar-refractivity contribution < 1.29 is 54.8 Å². The van der Waals surface area contributed by atoms with Crippen LogP contribution in [0.25, 0.3) is 0 Å². The minimum atomic E-state index is -5.92. The topological polar surface area (TPSA) is 176 Å². The van der Waals surface area contributed by atoms with Crippen LogP contribution in [0.4, 0.5) is 37.7 Å². The van der Waals surface area contributed by atoms with Crippen LogP contribution in [0.15, 0.2) is 48.5 Å². The number of halogens is 6. The van der Waals surface area contributed by atoms with Gasteiger partial charge >= 0.3 is 16.4 Å².